The van der Waals surface area contributed by atoms with E-state index in [4.69, 9.17) is 9.51 Å². The average Bonchev–Trinajstić information content (AvgIpc) is 3.28. The number of rotatable bonds is 5. The number of aromatic nitrogens is 3. The van der Waals surface area contributed by atoms with Crippen LogP contribution in [-0.2, 0) is 6.42 Å². The van der Waals surface area contributed by atoms with E-state index in [1.807, 2.05) is 0 Å². The molecule has 1 aromatic carbocycles. The van der Waals surface area contributed by atoms with Gasteiger partial charge in [-0.1, -0.05) is 43.1 Å². The Morgan fingerprint density at radius 1 is 1.20 bits per heavy atom. The lowest BCUT2D eigenvalue weighted by Gasteiger charge is -2.16. The average molecular weight is 336 g/mol. The van der Waals surface area contributed by atoms with E-state index < -0.39 is 0 Å². The molecule has 0 amide bonds. The van der Waals surface area contributed by atoms with Crippen molar-refractivity contribution in [3.8, 4) is 11.4 Å². The van der Waals surface area contributed by atoms with E-state index >= 15 is 0 Å². The molecular formula is C20H24N4O. The molecule has 130 valence electrons. The molecule has 0 radical (unpaired) electrons. The van der Waals surface area contributed by atoms with Crippen molar-refractivity contribution in [1.29, 1.82) is 0 Å². The molecule has 1 N–H and O–H groups in total. The van der Waals surface area contributed by atoms with Gasteiger partial charge >= 0.3 is 0 Å². The topological polar surface area (TPSA) is 63.8 Å². The van der Waals surface area contributed by atoms with Crippen molar-refractivity contribution in [2.24, 2.45) is 0 Å². The van der Waals surface area contributed by atoms with E-state index in [9.17, 15) is 0 Å². The monoisotopic (exact) mass is 336 g/mol. The third-order valence-corrected chi connectivity index (χ3v) is 4.92. The van der Waals surface area contributed by atoms with Gasteiger partial charge < -0.3 is 9.84 Å². The predicted molar refractivity (Wildman–Crippen MR) is 99.6 cm³/mol. The molecular weight excluding hydrogens is 312 g/mol. The van der Waals surface area contributed by atoms with Crippen molar-refractivity contribution in [2.45, 2.75) is 58.4 Å². The van der Waals surface area contributed by atoms with E-state index in [1.165, 1.54) is 31.2 Å². The zero-order valence-electron chi connectivity index (χ0n) is 14.9. The highest BCUT2D eigenvalue weighted by atomic mass is 16.5. The van der Waals surface area contributed by atoms with Crippen LogP contribution < -0.4 is 5.32 Å². The Hall–Kier alpha value is -2.43. The van der Waals surface area contributed by atoms with Crippen LogP contribution in [0.1, 0.15) is 50.5 Å². The second-order valence-electron chi connectivity index (χ2n) is 6.92. The molecule has 2 heterocycles. The van der Waals surface area contributed by atoms with Crippen LogP contribution in [0.5, 0.6) is 0 Å². The Morgan fingerprint density at radius 2 is 2.04 bits per heavy atom. The smallest absolute Gasteiger partial charge is 0.226 e. The third-order valence-electron chi connectivity index (χ3n) is 4.92. The number of fused-ring (bicyclic) bond motifs is 1. The van der Waals surface area contributed by atoms with Crippen LogP contribution in [-0.4, -0.2) is 21.2 Å². The van der Waals surface area contributed by atoms with Crippen LogP contribution in [0.15, 0.2) is 28.8 Å². The first kappa shape index (κ1) is 16.1. The van der Waals surface area contributed by atoms with E-state index in [1.54, 1.807) is 0 Å². The van der Waals surface area contributed by atoms with Crippen molar-refractivity contribution in [2.75, 3.05) is 5.32 Å². The van der Waals surface area contributed by atoms with Crippen LogP contribution in [0.3, 0.4) is 0 Å². The predicted octanol–water partition coefficient (Wildman–Crippen LogP) is 4.90. The Morgan fingerprint density at radius 3 is 2.84 bits per heavy atom. The number of hydrogen-bond donors (Lipinski definition) is 1. The minimum atomic E-state index is 0.481. The summed E-state index contributed by atoms with van der Waals surface area (Å²) < 4.78 is 5.40. The molecule has 2 aromatic heterocycles. The Bertz CT molecular complexity index is 881. The molecule has 0 unspecified atom stereocenters. The fraction of sp³-hybridized carbons (Fsp3) is 0.450. The molecule has 0 aliphatic heterocycles. The highest BCUT2D eigenvalue weighted by Crippen LogP contribution is 2.32. The maximum atomic E-state index is 5.40. The first-order valence-corrected chi connectivity index (χ1v) is 9.24. The standard InChI is InChI=1S/C20H24N4O/c1-3-7-17-22-20(24-25-17)16-12-14-9-6-8-13(2)18(14)23-19(16)21-15-10-4-5-11-15/h6,8-9,12,15H,3-5,7,10-11H2,1-2H3,(H,21,23). The van der Waals surface area contributed by atoms with Crippen LogP contribution in [0, 0.1) is 6.92 Å². The fourth-order valence-corrected chi connectivity index (χ4v) is 3.57. The SMILES string of the molecule is CCCc1nc(-c2cc3cccc(C)c3nc2NC2CCCC2)no1. The lowest BCUT2D eigenvalue weighted by molar-refractivity contribution is 0.378. The Balaban J connectivity index is 1.81. The molecule has 0 saturated heterocycles. The largest absolute Gasteiger partial charge is 0.367 e. The summed E-state index contributed by atoms with van der Waals surface area (Å²) in [6.45, 7) is 4.21. The van der Waals surface area contributed by atoms with Gasteiger partial charge in [-0.3, -0.25) is 0 Å². The molecule has 0 atom stereocenters. The van der Waals surface area contributed by atoms with Gasteiger partial charge in [-0.25, -0.2) is 4.98 Å². The van der Waals surface area contributed by atoms with Gasteiger partial charge in [0.1, 0.15) is 5.82 Å². The Labute approximate surface area is 147 Å². The van der Waals surface area contributed by atoms with Gasteiger partial charge in [0.05, 0.1) is 11.1 Å². The molecule has 1 saturated carbocycles. The summed E-state index contributed by atoms with van der Waals surface area (Å²) in [5.74, 6) is 2.19. The quantitative estimate of drug-likeness (QED) is 0.718. The maximum absolute atomic E-state index is 5.40. The molecule has 4 rings (SSSR count). The van der Waals surface area contributed by atoms with Gasteiger partial charge in [-0.15, -0.1) is 0 Å². The van der Waals surface area contributed by atoms with Crippen molar-refractivity contribution in [3.05, 3.63) is 35.7 Å². The summed E-state index contributed by atoms with van der Waals surface area (Å²) in [5.41, 5.74) is 3.14. The Kier molecular flexibility index (Phi) is 4.38. The van der Waals surface area contributed by atoms with Crippen LogP contribution in [0.2, 0.25) is 0 Å². The van der Waals surface area contributed by atoms with Crippen molar-refractivity contribution < 1.29 is 4.52 Å². The number of nitrogens with zero attached hydrogens (tertiary/aromatic N) is 3. The van der Waals surface area contributed by atoms with Crippen LogP contribution >= 0.6 is 0 Å². The number of nitrogens with one attached hydrogen (secondary N) is 1. The zero-order valence-corrected chi connectivity index (χ0v) is 14.9. The van der Waals surface area contributed by atoms with Gasteiger partial charge in [0.15, 0.2) is 0 Å². The van der Waals surface area contributed by atoms with Crippen LogP contribution in [0.25, 0.3) is 22.3 Å². The van der Waals surface area contributed by atoms with Gasteiger partial charge in [0.2, 0.25) is 11.7 Å². The van der Waals surface area contributed by atoms with E-state index in [0.29, 0.717) is 17.8 Å². The van der Waals surface area contributed by atoms with E-state index in [0.717, 1.165) is 35.1 Å². The minimum Gasteiger partial charge on any atom is -0.367 e. The lowest BCUT2D eigenvalue weighted by Crippen LogP contribution is -2.16. The second kappa shape index (κ2) is 6.82. The lowest BCUT2D eigenvalue weighted by atomic mass is 10.1. The van der Waals surface area contributed by atoms with Gasteiger partial charge in [-0.2, -0.15) is 4.98 Å². The summed E-state index contributed by atoms with van der Waals surface area (Å²) in [6.07, 6.45) is 6.74. The van der Waals surface area contributed by atoms with Crippen LogP contribution in [0.4, 0.5) is 5.82 Å². The molecule has 1 aliphatic carbocycles. The van der Waals surface area contributed by atoms with Gasteiger partial charge in [-0.05, 0) is 37.8 Å². The van der Waals surface area contributed by atoms with Crippen molar-refractivity contribution in [1.82, 2.24) is 15.1 Å². The molecule has 1 aliphatic rings. The third kappa shape index (κ3) is 3.23. The number of pyridine rings is 1. The van der Waals surface area contributed by atoms with E-state index in [2.05, 4.69) is 53.6 Å². The van der Waals surface area contributed by atoms with Crippen molar-refractivity contribution >= 4 is 16.7 Å². The zero-order chi connectivity index (χ0) is 17.2. The summed E-state index contributed by atoms with van der Waals surface area (Å²) in [7, 11) is 0. The van der Waals surface area contributed by atoms with E-state index in [-0.39, 0.29) is 0 Å². The first-order chi connectivity index (χ1) is 12.2. The molecule has 5 nitrogen and oxygen atoms in total. The number of para-hydroxylation sites is 1. The van der Waals surface area contributed by atoms with Gasteiger partial charge in [0.25, 0.3) is 0 Å². The second-order valence-corrected chi connectivity index (χ2v) is 6.92. The molecule has 5 heteroatoms. The highest BCUT2D eigenvalue weighted by molar-refractivity contribution is 5.89. The number of anilines is 1. The molecule has 25 heavy (non-hydrogen) atoms. The molecule has 0 spiro atoms. The molecule has 1 fully saturated rings. The van der Waals surface area contributed by atoms with Gasteiger partial charge in [0, 0.05) is 17.8 Å². The fourth-order valence-electron chi connectivity index (χ4n) is 3.57. The first-order valence-electron chi connectivity index (χ1n) is 9.24. The maximum Gasteiger partial charge on any atom is 0.226 e. The summed E-state index contributed by atoms with van der Waals surface area (Å²) in [6, 6.07) is 8.86. The highest BCUT2D eigenvalue weighted by Gasteiger charge is 2.20. The summed E-state index contributed by atoms with van der Waals surface area (Å²) in [5, 5.41) is 8.94. The number of aryl methyl sites for hydroxylation is 2. The summed E-state index contributed by atoms with van der Waals surface area (Å²) >= 11 is 0. The minimum absolute atomic E-state index is 0.481. The summed E-state index contributed by atoms with van der Waals surface area (Å²) in [4.78, 5) is 9.51. The molecule has 3 aromatic rings. The normalized spacial score (nSPS) is 15.1. The van der Waals surface area contributed by atoms with Crippen molar-refractivity contribution in [3.63, 3.8) is 0 Å². The number of benzene rings is 1. The number of hydrogen-bond acceptors (Lipinski definition) is 5. The molecule has 0 bridgehead atoms.